The van der Waals surface area contributed by atoms with Crippen LogP contribution in [0, 0.1) is 11.6 Å². The molecule has 0 saturated heterocycles. The van der Waals surface area contributed by atoms with Crippen LogP contribution >= 0.6 is 0 Å². The van der Waals surface area contributed by atoms with Crippen LogP contribution in [-0.2, 0) is 4.79 Å². The van der Waals surface area contributed by atoms with Gasteiger partial charge >= 0.3 is 0 Å². The van der Waals surface area contributed by atoms with E-state index in [1.54, 1.807) is 0 Å². The number of allylic oxidation sites excluding steroid dienone is 1. The average Bonchev–Trinajstić information content (AvgIpc) is 2.37. The molecule has 0 saturated carbocycles. The molecule has 0 aliphatic rings. The molecule has 1 aromatic carbocycles. The van der Waals surface area contributed by atoms with Gasteiger partial charge < -0.3 is 10.6 Å². The third-order valence-electron chi connectivity index (χ3n) is 2.21. The molecule has 0 radical (unpaired) electrons. The largest absolute Gasteiger partial charge is 0.392 e. The molecule has 0 aliphatic heterocycles. The summed E-state index contributed by atoms with van der Waals surface area (Å²) in [6, 6.07) is 3.08. The van der Waals surface area contributed by atoms with E-state index in [0.717, 1.165) is 18.2 Å². The Hall–Kier alpha value is -2.50. The van der Waals surface area contributed by atoms with Crippen LogP contribution in [0.5, 0.6) is 0 Å². The fourth-order valence-electron chi connectivity index (χ4n) is 1.32. The van der Waals surface area contributed by atoms with Crippen LogP contribution in [0.1, 0.15) is 10.4 Å². The number of carbonyl (C=O) groups excluding carboxylic acids is 2. The first-order valence-electron chi connectivity index (χ1n) is 5.28. The summed E-state index contributed by atoms with van der Waals surface area (Å²) in [5.41, 5.74) is -0.715. The van der Waals surface area contributed by atoms with Gasteiger partial charge in [0.25, 0.3) is 5.91 Å². The molecular weight excluding hydrogens is 254 g/mol. The zero-order valence-electron chi connectivity index (χ0n) is 10.2. The zero-order chi connectivity index (χ0) is 14.4. The molecule has 0 aliphatic carbocycles. The molecule has 0 aromatic heterocycles. The first-order valence-corrected chi connectivity index (χ1v) is 5.28. The van der Waals surface area contributed by atoms with Crippen molar-refractivity contribution in [1.29, 1.82) is 0 Å². The lowest BCUT2D eigenvalue weighted by molar-refractivity contribution is -0.104. The van der Waals surface area contributed by atoms with E-state index >= 15 is 0 Å². The number of hydrogen-bond acceptors (Lipinski definition) is 3. The van der Waals surface area contributed by atoms with Crippen molar-refractivity contribution in [2.75, 3.05) is 7.05 Å². The Morgan fingerprint density at radius 3 is 2.37 bits per heavy atom. The molecule has 1 amide bonds. The monoisotopic (exact) mass is 266 g/mol. The van der Waals surface area contributed by atoms with Crippen molar-refractivity contribution >= 4 is 12.2 Å². The molecule has 100 valence electrons. The number of hydrogen-bond donors (Lipinski definition) is 2. The minimum absolute atomic E-state index is 0.0283. The van der Waals surface area contributed by atoms with Crippen LogP contribution in [-0.4, -0.2) is 19.2 Å². The number of carbonyl (C=O) groups is 2. The number of halogens is 2. The second-order valence-electron chi connectivity index (χ2n) is 3.54. The van der Waals surface area contributed by atoms with Crippen LogP contribution in [0.3, 0.4) is 0 Å². The van der Waals surface area contributed by atoms with Crippen molar-refractivity contribution in [3.05, 3.63) is 59.4 Å². The van der Waals surface area contributed by atoms with Crippen LogP contribution in [0.2, 0.25) is 0 Å². The summed E-state index contributed by atoms with van der Waals surface area (Å²) in [6.45, 7) is 3.41. The Bertz CT molecular complexity index is 533. The van der Waals surface area contributed by atoms with Gasteiger partial charge in [0.1, 0.15) is 17.2 Å². The minimum Gasteiger partial charge on any atom is -0.392 e. The van der Waals surface area contributed by atoms with Gasteiger partial charge in [-0.05, 0) is 12.1 Å². The predicted molar refractivity (Wildman–Crippen MR) is 66.2 cm³/mol. The van der Waals surface area contributed by atoms with Gasteiger partial charge in [-0.3, -0.25) is 9.59 Å². The van der Waals surface area contributed by atoms with Crippen LogP contribution in [0.4, 0.5) is 8.78 Å². The van der Waals surface area contributed by atoms with E-state index in [2.05, 4.69) is 17.2 Å². The summed E-state index contributed by atoms with van der Waals surface area (Å²) >= 11 is 0. The molecule has 1 aromatic rings. The molecule has 0 bridgehead atoms. The van der Waals surface area contributed by atoms with Gasteiger partial charge in [-0.25, -0.2) is 8.78 Å². The second-order valence-corrected chi connectivity index (χ2v) is 3.54. The maximum Gasteiger partial charge on any atom is 0.261 e. The molecule has 0 atom stereocenters. The highest BCUT2D eigenvalue weighted by Crippen LogP contribution is 2.13. The lowest BCUT2D eigenvalue weighted by Gasteiger charge is -2.10. The summed E-state index contributed by atoms with van der Waals surface area (Å²) in [7, 11) is 1.54. The molecule has 0 unspecified atom stereocenters. The molecule has 19 heavy (non-hydrogen) atoms. The highest BCUT2D eigenvalue weighted by atomic mass is 19.1. The van der Waals surface area contributed by atoms with Crippen LogP contribution < -0.4 is 10.6 Å². The van der Waals surface area contributed by atoms with Gasteiger partial charge in [0.2, 0.25) is 0 Å². The van der Waals surface area contributed by atoms with E-state index in [0.29, 0.717) is 6.29 Å². The lowest BCUT2D eigenvalue weighted by Crippen LogP contribution is -2.27. The second kappa shape index (κ2) is 6.44. The molecule has 2 N–H and O–H groups in total. The standard InChI is InChI=1S/C13H12F2N2O2/c1-8(7-18)11(6-16-2)17-13(19)12-9(14)4-3-5-10(12)15/h3-7,16H,1H2,2H3,(H,17,19)/b11-6+. The highest BCUT2D eigenvalue weighted by Gasteiger charge is 2.18. The van der Waals surface area contributed by atoms with Gasteiger partial charge in [-0.15, -0.1) is 0 Å². The fraction of sp³-hybridized carbons (Fsp3) is 0.0769. The average molecular weight is 266 g/mol. The van der Waals surface area contributed by atoms with E-state index in [1.165, 1.54) is 13.2 Å². The minimum atomic E-state index is -1.000. The molecule has 4 nitrogen and oxygen atoms in total. The topological polar surface area (TPSA) is 58.2 Å². The normalized spacial score (nSPS) is 10.8. The van der Waals surface area contributed by atoms with Crippen molar-refractivity contribution in [2.24, 2.45) is 0 Å². The third-order valence-corrected chi connectivity index (χ3v) is 2.21. The highest BCUT2D eigenvalue weighted by molar-refractivity contribution is 5.97. The number of benzene rings is 1. The van der Waals surface area contributed by atoms with Crippen molar-refractivity contribution in [3.63, 3.8) is 0 Å². The maximum atomic E-state index is 13.4. The molecule has 0 fully saturated rings. The van der Waals surface area contributed by atoms with Gasteiger partial charge in [0, 0.05) is 18.8 Å². The van der Waals surface area contributed by atoms with Gasteiger partial charge in [-0.2, -0.15) is 0 Å². The van der Waals surface area contributed by atoms with Gasteiger partial charge in [-0.1, -0.05) is 12.6 Å². The fourth-order valence-corrected chi connectivity index (χ4v) is 1.32. The third kappa shape index (κ3) is 3.48. The van der Waals surface area contributed by atoms with Crippen molar-refractivity contribution in [2.45, 2.75) is 0 Å². The smallest absolute Gasteiger partial charge is 0.261 e. The zero-order valence-corrected chi connectivity index (χ0v) is 10.2. The quantitative estimate of drug-likeness (QED) is 0.482. The first kappa shape index (κ1) is 14.6. The van der Waals surface area contributed by atoms with E-state index in [4.69, 9.17) is 0 Å². The van der Waals surface area contributed by atoms with E-state index in [-0.39, 0.29) is 11.3 Å². The van der Waals surface area contributed by atoms with E-state index in [9.17, 15) is 18.4 Å². The Kier molecular flexibility index (Phi) is 4.93. The Morgan fingerprint density at radius 2 is 1.89 bits per heavy atom. The van der Waals surface area contributed by atoms with Gasteiger partial charge in [0.15, 0.2) is 6.29 Å². The molecule has 0 spiro atoms. The Labute approximate surface area is 108 Å². The maximum absolute atomic E-state index is 13.4. The summed E-state index contributed by atoms with van der Waals surface area (Å²) < 4.78 is 26.8. The molecule has 0 heterocycles. The summed E-state index contributed by atoms with van der Waals surface area (Å²) in [6.07, 6.45) is 1.70. The number of rotatable bonds is 5. The molecule has 1 rings (SSSR count). The summed E-state index contributed by atoms with van der Waals surface area (Å²) in [5.74, 6) is -2.98. The van der Waals surface area contributed by atoms with Crippen molar-refractivity contribution in [3.8, 4) is 0 Å². The SMILES string of the molecule is C=C(C=O)/C(=C\NC)NC(=O)c1c(F)cccc1F. The number of aldehydes is 1. The van der Waals surface area contributed by atoms with E-state index < -0.39 is 23.1 Å². The summed E-state index contributed by atoms with van der Waals surface area (Å²) in [5, 5.41) is 4.80. The van der Waals surface area contributed by atoms with Crippen molar-refractivity contribution < 1.29 is 18.4 Å². The van der Waals surface area contributed by atoms with Crippen molar-refractivity contribution in [1.82, 2.24) is 10.6 Å². The lowest BCUT2D eigenvalue weighted by atomic mass is 10.1. The predicted octanol–water partition coefficient (Wildman–Crippen LogP) is 1.51. The number of amides is 1. The first-order chi connectivity index (χ1) is 9.01. The summed E-state index contributed by atoms with van der Waals surface area (Å²) in [4.78, 5) is 22.4. The molecular formula is C13H12F2N2O2. The van der Waals surface area contributed by atoms with Crippen LogP contribution in [0.15, 0.2) is 42.2 Å². The molecule has 6 heteroatoms. The Balaban J connectivity index is 3.04. The van der Waals surface area contributed by atoms with Gasteiger partial charge in [0.05, 0.1) is 5.70 Å². The Morgan fingerprint density at radius 1 is 1.32 bits per heavy atom. The van der Waals surface area contributed by atoms with Crippen LogP contribution in [0.25, 0.3) is 0 Å². The van der Waals surface area contributed by atoms with E-state index in [1.807, 2.05) is 0 Å². The number of nitrogens with one attached hydrogen (secondary N) is 2.